The first kappa shape index (κ1) is 11.3. The average Bonchev–Trinajstić information content (AvgIpc) is 2.70. The van der Waals surface area contributed by atoms with Crippen molar-refractivity contribution in [3.05, 3.63) is 23.4 Å². The summed E-state index contributed by atoms with van der Waals surface area (Å²) in [6.07, 6.45) is 6.69. The lowest BCUT2D eigenvalue weighted by atomic mass is 10.1. The summed E-state index contributed by atoms with van der Waals surface area (Å²) < 4.78 is 5.87. The molecular weight excluding hydrogens is 220 g/mol. The lowest BCUT2D eigenvalue weighted by Gasteiger charge is -2.15. The molecule has 0 radical (unpaired) electrons. The fourth-order valence-electron chi connectivity index (χ4n) is 2.09. The van der Waals surface area contributed by atoms with E-state index in [0.717, 1.165) is 24.0 Å². The summed E-state index contributed by atoms with van der Waals surface area (Å²) in [5, 5.41) is 0. The van der Waals surface area contributed by atoms with E-state index in [0.29, 0.717) is 10.9 Å². The zero-order valence-corrected chi connectivity index (χ0v) is 10.2. The second-order valence-corrected chi connectivity index (χ2v) is 4.64. The van der Waals surface area contributed by atoms with Gasteiger partial charge in [-0.2, -0.15) is 0 Å². The third kappa shape index (κ3) is 2.32. The molecule has 16 heavy (non-hydrogen) atoms. The van der Waals surface area contributed by atoms with Crippen molar-refractivity contribution in [3.63, 3.8) is 0 Å². The van der Waals surface area contributed by atoms with Crippen molar-refractivity contribution >= 4 is 17.2 Å². The minimum absolute atomic E-state index is 0.280. The van der Waals surface area contributed by atoms with Crippen LogP contribution in [-0.4, -0.2) is 16.1 Å². The van der Waals surface area contributed by atoms with E-state index < -0.39 is 0 Å². The molecule has 1 fully saturated rings. The van der Waals surface area contributed by atoms with Crippen LogP contribution in [0.4, 0.5) is 0 Å². The average molecular weight is 236 g/mol. The fraction of sp³-hybridized carbons (Fsp3) is 0.500. The van der Waals surface area contributed by atoms with Crippen LogP contribution < -0.4 is 10.5 Å². The predicted octanol–water partition coefficient (Wildman–Crippen LogP) is 2.35. The van der Waals surface area contributed by atoms with Gasteiger partial charge in [-0.1, -0.05) is 12.2 Å². The van der Waals surface area contributed by atoms with Crippen LogP contribution in [0.15, 0.2) is 12.3 Å². The highest BCUT2D eigenvalue weighted by atomic mass is 32.1. The summed E-state index contributed by atoms with van der Waals surface area (Å²) in [7, 11) is 0. The van der Waals surface area contributed by atoms with Crippen LogP contribution in [0, 0.1) is 6.92 Å². The first-order chi connectivity index (χ1) is 7.68. The number of hydrogen-bond donors (Lipinski definition) is 1. The number of aryl methyl sites for hydroxylation is 1. The number of hydrogen-bond acceptors (Lipinski definition) is 3. The smallest absolute Gasteiger partial charge is 0.224 e. The highest BCUT2D eigenvalue weighted by Crippen LogP contribution is 2.26. The molecule has 1 aromatic heterocycles. The Morgan fingerprint density at radius 2 is 2.19 bits per heavy atom. The summed E-state index contributed by atoms with van der Waals surface area (Å²) in [4.78, 5) is 4.59. The number of aromatic nitrogens is 1. The largest absolute Gasteiger partial charge is 0.474 e. The van der Waals surface area contributed by atoms with Gasteiger partial charge in [-0.05, 0) is 44.2 Å². The standard InChI is InChI=1S/C12H16N2OS/c1-8-6-7-14-12(10(8)11(13)16)15-9-4-2-3-5-9/h6-7,9H,2-5H2,1H3,(H2,13,16). The van der Waals surface area contributed by atoms with Gasteiger partial charge in [0.2, 0.25) is 5.88 Å². The number of nitrogens with two attached hydrogens (primary N) is 1. The van der Waals surface area contributed by atoms with Gasteiger partial charge in [0.05, 0.1) is 5.56 Å². The van der Waals surface area contributed by atoms with Gasteiger partial charge in [0.25, 0.3) is 0 Å². The fourth-order valence-corrected chi connectivity index (χ4v) is 2.33. The Hall–Kier alpha value is -1.16. The lowest BCUT2D eigenvalue weighted by molar-refractivity contribution is 0.201. The number of rotatable bonds is 3. The third-order valence-corrected chi connectivity index (χ3v) is 3.16. The molecule has 1 aliphatic rings. The quantitative estimate of drug-likeness (QED) is 0.818. The molecule has 0 atom stereocenters. The van der Waals surface area contributed by atoms with Crippen LogP contribution >= 0.6 is 12.2 Å². The van der Waals surface area contributed by atoms with Crippen LogP contribution in [0.2, 0.25) is 0 Å². The molecule has 1 aliphatic carbocycles. The Morgan fingerprint density at radius 1 is 1.50 bits per heavy atom. The van der Waals surface area contributed by atoms with Crippen LogP contribution in [0.25, 0.3) is 0 Å². The van der Waals surface area contributed by atoms with Crippen molar-refractivity contribution in [3.8, 4) is 5.88 Å². The van der Waals surface area contributed by atoms with Crippen molar-refractivity contribution in [2.24, 2.45) is 5.73 Å². The number of nitrogens with zero attached hydrogens (tertiary/aromatic N) is 1. The molecule has 0 aliphatic heterocycles. The third-order valence-electron chi connectivity index (χ3n) is 2.95. The van der Waals surface area contributed by atoms with Crippen molar-refractivity contribution in [2.45, 2.75) is 38.7 Å². The van der Waals surface area contributed by atoms with Crippen molar-refractivity contribution in [2.75, 3.05) is 0 Å². The van der Waals surface area contributed by atoms with E-state index in [1.54, 1.807) is 6.20 Å². The number of thiocarbonyl (C=S) groups is 1. The molecule has 2 rings (SSSR count). The Labute approximate surface area is 101 Å². The first-order valence-electron chi connectivity index (χ1n) is 5.60. The highest BCUT2D eigenvalue weighted by molar-refractivity contribution is 7.80. The Morgan fingerprint density at radius 3 is 2.81 bits per heavy atom. The van der Waals surface area contributed by atoms with Crippen molar-refractivity contribution in [1.29, 1.82) is 0 Å². The van der Waals surface area contributed by atoms with Gasteiger partial charge in [0.15, 0.2) is 0 Å². The molecule has 0 saturated heterocycles. The summed E-state index contributed by atoms with van der Waals surface area (Å²) in [6.45, 7) is 1.97. The zero-order chi connectivity index (χ0) is 11.5. The van der Waals surface area contributed by atoms with Crippen molar-refractivity contribution in [1.82, 2.24) is 4.98 Å². The maximum atomic E-state index is 5.87. The predicted molar refractivity (Wildman–Crippen MR) is 67.7 cm³/mol. The second kappa shape index (κ2) is 4.78. The first-order valence-corrected chi connectivity index (χ1v) is 6.01. The second-order valence-electron chi connectivity index (χ2n) is 4.20. The van der Waals surface area contributed by atoms with Gasteiger partial charge < -0.3 is 10.5 Å². The monoisotopic (exact) mass is 236 g/mol. The van der Waals surface area contributed by atoms with Crippen molar-refractivity contribution < 1.29 is 4.74 Å². The summed E-state index contributed by atoms with van der Waals surface area (Å²) >= 11 is 5.04. The summed E-state index contributed by atoms with van der Waals surface area (Å²) in [6, 6.07) is 1.90. The van der Waals surface area contributed by atoms with Gasteiger partial charge >= 0.3 is 0 Å². The zero-order valence-electron chi connectivity index (χ0n) is 9.40. The molecule has 0 bridgehead atoms. The van der Waals surface area contributed by atoms with E-state index in [4.69, 9.17) is 22.7 Å². The normalized spacial score (nSPS) is 16.3. The van der Waals surface area contributed by atoms with E-state index in [2.05, 4.69) is 4.98 Å². The van der Waals surface area contributed by atoms with Gasteiger partial charge in [0.1, 0.15) is 11.1 Å². The van der Waals surface area contributed by atoms with Crippen LogP contribution in [0.3, 0.4) is 0 Å². The minimum Gasteiger partial charge on any atom is -0.474 e. The highest BCUT2D eigenvalue weighted by Gasteiger charge is 2.20. The van der Waals surface area contributed by atoms with Gasteiger partial charge in [-0.3, -0.25) is 0 Å². The molecule has 0 aromatic carbocycles. The van der Waals surface area contributed by atoms with Crippen LogP contribution in [-0.2, 0) is 0 Å². The Kier molecular flexibility index (Phi) is 3.39. The Balaban J connectivity index is 2.25. The molecule has 86 valence electrons. The molecule has 0 unspecified atom stereocenters. The molecular formula is C12H16N2OS. The minimum atomic E-state index is 0.280. The molecule has 4 heteroatoms. The Bertz CT molecular complexity index is 400. The van der Waals surface area contributed by atoms with E-state index in [1.165, 1.54) is 12.8 Å². The molecule has 3 nitrogen and oxygen atoms in total. The summed E-state index contributed by atoms with van der Waals surface area (Å²) in [5.74, 6) is 0.597. The van der Waals surface area contributed by atoms with Gasteiger partial charge in [-0.25, -0.2) is 4.98 Å². The molecule has 0 amide bonds. The molecule has 0 spiro atoms. The van der Waals surface area contributed by atoms with E-state index >= 15 is 0 Å². The van der Waals surface area contributed by atoms with Crippen LogP contribution in [0.5, 0.6) is 5.88 Å². The molecule has 1 heterocycles. The maximum absolute atomic E-state index is 5.87. The van der Waals surface area contributed by atoms with E-state index in [1.807, 2.05) is 13.0 Å². The SMILES string of the molecule is Cc1ccnc(OC2CCCC2)c1C(N)=S. The van der Waals surface area contributed by atoms with Crippen LogP contribution in [0.1, 0.15) is 36.8 Å². The lowest BCUT2D eigenvalue weighted by Crippen LogP contribution is -2.18. The van der Waals surface area contributed by atoms with Gasteiger partial charge in [-0.15, -0.1) is 0 Å². The van der Waals surface area contributed by atoms with E-state index in [9.17, 15) is 0 Å². The summed E-state index contributed by atoms with van der Waals surface area (Å²) in [5.41, 5.74) is 7.51. The maximum Gasteiger partial charge on any atom is 0.224 e. The number of pyridine rings is 1. The van der Waals surface area contributed by atoms with Gasteiger partial charge in [0, 0.05) is 6.20 Å². The molecule has 1 aromatic rings. The molecule has 2 N–H and O–H groups in total. The van der Waals surface area contributed by atoms with E-state index in [-0.39, 0.29) is 6.10 Å². The molecule has 1 saturated carbocycles. The number of ether oxygens (including phenoxy) is 1. The topological polar surface area (TPSA) is 48.1 Å².